The van der Waals surface area contributed by atoms with Crippen molar-refractivity contribution in [2.75, 3.05) is 19.6 Å². The molecule has 0 atom stereocenters. The first-order valence-corrected chi connectivity index (χ1v) is 10.7. The van der Waals surface area contributed by atoms with Crippen LogP contribution in [0.2, 0.25) is 6.04 Å². The van der Waals surface area contributed by atoms with Crippen LogP contribution in [-0.4, -0.2) is 29.9 Å². The zero-order valence-corrected chi connectivity index (χ0v) is 16.1. The van der Waals surface area contributed by atoms with Gasteiger partial charge < -0.3 is 11.1 Å². The third-order valence-corrected chi connectivity index (χ3v) is 4.72. The van der Waals surface area contributed by atoms with Gasteiger partial charge in [-0.05, 0) is 38.9 Å². The van der Waals surface area contributed by atoms with Gasteiger partial charge in [0.1, 0.15) is 0 Å². The molecule has 0 aliphatic rings. The van der Waals surface area contributed by atoms with Gasteiger partial charge in [-0.15, -0.1) is 0 Å². The summed E-state index contributed by atoms with van der Waals surface area (Å²) in [5.74, 6) is 0. The van der Waals surface area contributed by atoms with Crippen molar-refractivity contribution < 1.29 is 0 Å². The lowest BCUT2D eigenvalue weighted by Gasteiger charge is -2.04. The Labute approximate surface area is 131 Å². The number of hydrogen-bond acceptors (Lipinski definition) is 2. The molecule has 122 valence electrons. The summed E-state index contributed by atoms with van der Waals surface area (Å²) in [6.07, 6.45) is 18.3. The van der Waals surface area contributed by atoms with E-state index in [0.717, 1.165) is 6.54 Å². The molecule has 0 heterocycles. The SMILES string of the molecule is NCCCCCCCCCCCCCCNCCC[SiH3]. The average Bonchev–Trinajstić information content (AvgIpc) is 2.47. The van der Waals surface area contributed by atoms with Gasteiger partial charge in [-0.1, -0.05) is 70.3 Å². The third-order valence-electron chi connectivity index (χ3n) is 4.01. The fourth-order valence-corrected chi connectivity index (χ4v) is 2.94. The molecule has 20 heavy (non-hydrogen) atoms. The van der Waals surface area contributed by atoms with E-state index in [-0.39, 0.29) is 0 Å². The molecule has 3 heteroatoms. The molecule has 0 aromatic carbocycles. The maximum atomic E-state index is 5.49. The summed E-state index contributed by atoms with van der Waals surface area (Å²) < 4.78 is 0. The van der Waals surface area contributed by atoms with Gasteiger partial charge in [-0.3, -0.25) is 0 Å². The van der Waals surface area contributed by atoms with Gasteiger partial charge in [0.25, 0.3) is 0 Å². The van der Waals surface area contributed by atoms with E-state index in [1.165, 1.54) is 113 Å². The minimum absolute atomic E-state index is 0.871. The summed E-state index contributed by atoms with van der Waals surface area (Å²) in [5, 5.41) is 3.54. The molecule has 0 amide bonds. The Morgan fingerprint density at radius 3 is 1.40 bits per heavy atom. The standard InChI is InChI=1S/C17H40N2Si/c18-14-11-9-7-5-3-1-2-4-6-8-10-12-15-19-16-13-17-20/h19H,1-18H2,20H3. The Bertz CT molecular complexity index is 147. The predicted molar refractivity (Wildman–Crippen MR) is 96.7 cm³/mol. The molecule has 0 aliphatic carbocycles. The smallest absolute Gasteiger partial charge is 0.00286 e. The molecule has 0 unspecified atom stereocenters. The average molecular weight is 301 g/mol. The normalized spacial score (nSPS) is 11.2. The highest BCUT2D eigenvalue weighted by molar-refractivity contribution is 6.08. The highest BCUT2D eigenvalue weighted by Crippen LogP contribution is 2.11. The first kappa shape index (κ1) is 20.1. The van der Waals surface area contributed by atoms with Gasteiger partial charge >= 0.3 is 0 Å². The van der Waals surface area contributed by atoms with Crippen LogP contribution in [0.5, 0.6) is 0 Å². The quantitative estimate of drug-likeness (QED) is 0.319. The van der Waals surface area contributed by atoms with E-state index in [2.05, 4.69) is 5.32 Å². The van der Waals surface area contributed by atoms with E-state index < -0.39 is 0 Å². The van der Waals surface area contributed by atoms with Crippen molar-refractivity contribution in [2.24, 2.45) is 5.73 Å². The predicted octanol–water partition coefficient (Wildman–Crippen LogP) is 3.39. The monoisotopic (exact) mass is 300 g/mol. The first-order valence-electron chi connectivity index (χ1n) is 9.32. The molecular formula is C17H40N2Si. The Morgan fingerprint density at radius 2 is 0.950 bits per heavy atom. The van der Waals surface area contributed by atoms with Crippen LogP contribution in [0.25, 0.3) is 0 Å². The minimum Gasteiger partial charge on any atom is -0.330 e. The maximum absolute atomic E-state index is 5.49. The number of rotatable bonds is 17. The van der Waals surface area contributed by atoms with Gasteiger partial charge in [-0.2, -0.15) is 0 Å². The Balaban J connectivity index is 2.89. The number of unbranched alkanes of at least 4 members (excludes halogenated alkanes) is 11. The van der Waals surface area contributed by atoms with Gasteiger partial charge in [0.15, 0.2) is 0 Å². The molecule has 3 N–H and O–H groups in total. The van der Waals surface area contributed by atoms with Crippen molar-refractivity contribution in [1.29, 1.82) is 0 Å². The van der Waals surface area contributed by atoms with Crippen LogP contribution >= 0.6 is 0 Å². The van der Waals surface area contributed by atoms with Crippen LogP contribution < -0.4 is 11.1 Å². The zero-order chi connectivity index (χ0) is 14.7. The maximum Gasteiger partial charge on any atom is 0.00286 e. The highest BCUT2D eigenvalue weighted by atomic mass is 28.1. The van der Waals surface area contributed by atoms with Crippen molar-refractivity contribution in [3.63, 3.8) is 0 Å². The molecule has 0 aromatic rings. The summed E-state index contributed by atoms with van der Waals surface area (Å²) in [6, 6.07) is 1.44. The summed E-state index contributed by atoms with van der Waals surface area (Å²) >= 11 is 0. The van der Waals surface area contributed by atoms with E-state index in [1.807, 2.05) is 0 Å². The highest BCUT2D eigenvalue weighted by Gasteiger charge is 1.93. The summed E-state index contributed by atoms with van der Waals surface area (Å²) in [5.41, 5.74) is 5.49. The lowest BCUT2D eigenvalue weighted by atomic mass is 10.1. The number of hydrogen-bond donors (Lipinski definition) is 2. The molecule has 0 aliphatic heterocycles. The van der Waals surface area contributed by atoms with Crippen molar-refractivity contribution in [3.8, 4) is 0 Å². The molecule has 0 saturated heterocycles. The second-order valence-corrected chi connectivity index (χ2v) is 7.13. The van der Waals surface area contributed by atoms with Crippen LogP contribution in [0.15, 0.2) is 0 Å². The van der Waals surface area contributed by atoms with Crippen LogP contribution in [0.1, 0.15) is 83.5 Å². The Morgan fingerprint density at radius 1 is 0.550 bits per heavy atom. The molecule has 0 bridgehead atoms. The van der Waals surface area contributed by atoms with Gasteiger partial charge in [0.2, 0.25) is 0 Å². The second-order valence-electron chi connectivity index (χ2n) is 6.13. The van der Waals surface area contributed by atoms with Gasteiger partial charge in [0.05, 0.1) is 0 Å². The molecule has 0 rings (SSSR count). The van der Waals surface area contributed by atoms with Crippen LogP contribution in [0.3, 0.4) is 0 Å². The largest absolute Gasteiger partial charge is 0.330 e. The first-order chi connectivity index (χ1) is 9.91. The zero-order valence-electron chi connectivity index (χ0n) is 14.1. The molecule has 0 aromatic heterocycles. The Kier molecular flexibility index (Phi) is 19.3. The van der Waals surface area contributed by atoms with Crippen LogP contribution in [0.4, 0.5) is 0 Å². The third kappa shape index (κ3) is 18.1. The van der Waals surface area contributed by atoms with Crippen molar-refractivity contribution in [3.05, 3.63) is 0 Å². The number of nitrogens with two attached hydrogens (primary N) is 1. The van der Waals surface area contributed by atoms with Gasteiger partial charge in [-0.25, -0.2) is 0 Å². The lowest BCUT2D eigenvalue weighted by molar-refractivity contribution is 0.533. The fraction of sp³-hybridized carbons (Fsp3) is 1.00. The van der Waals surface area contributed by atoms with E-state index >= 15 is 0 Å². The van der Waals surface area contributed by atoms with E-state index in [0.29, 0.717) is 0 Å². The molecule has 0 spiro atoms. The van der Waals surface area contributed by atoms with Crippen molar-refractivity contribution in [1.82, 2.24) is 5.32 Å². The lowest BCUT2D eigenvalue weighted by Crippen LogP contribution is -2.16. The minimum atomic E-state index is 0.871. The molecule has 2 nitrogen and oxygen atoms in total. The van der Waals surface area contributed by atoms with Crippen molar-refractivity contribution in [2.45, 2.75) is 89.5 Å². The Hall–Kier alpha value is 0.137. The molecule has 0 radical (unpaired) electrons. The second kappa shape index (κ2) is 19.1. The fourth-order valence-electron chi connectivity index (χ4n) is 2.59. The molecular weight excluding hydrogens is 260 g/mol. The van der Waals surface area contributed by atoms with E-state index in [4.69, 9.17) is 5.73 Å². The van der Waals surface area contributed by atoms with Gasteiger partial charge in [0, 0.05) is 10.2 Å². The van der Waals surface area contributed by atoms with E-state index in [9.17, 15) is 0 Å². The van der Waals surface area contributed by atoms with Crippen LogP contribution in [-0.2, 0) is 0 Å². The molecule has 0 saturated carbocycles. The molecule has 0 fully saturated rings. The number of nitrogens with one attached hydrogen (secondary N) is 1. The van der Waals surface area contributed by atoms with Crippen molar-refractivity contribution >= 4 is 10.2 Å². The van der Waals surface area contributed by atoms with Crippen LogP contribution in [0, 0.1) is 0 Å². The summed E-state index contributed by atoms with van der Waals surface area (Å²) in [6.45, 7) is 3.36. The summed E-state index contributed by atoms with van der Waals surface area (Å²) in [7, 11) is 1.37. The summed E-state index contributed by atoms with van der Waals surface area (Å²) in [4.78, 5) is 0. The topological polar surface area (TPSA) is 38.0 Å². The van der Waals surface area contributed by atoms with E-state index in [1.54, 1.807) is 0 Å².